The molecule has 2 N–H and O–H groups in total. The Balaban J connectivity index is 3.02. The van der Waals surface area contributed by atoms with Gasteiger partial charge in [-0.2, -0.15) is 0 Å². The summed E-state index contributed by atoms with van der Waals surface area (Å²) >= 11 is 3.37. The fourth-order valence-electron chi connectivity index (χ4n) is 0.902. The molecule has 0 aromatic heterocycles. The fraction of sp³-hybridized carbons (Fsp3) is 0.273. The molecule has 0 saturated heterocycles. The van der Waals surface area contributed by atoms with Gasteiger partial charge >= 0.3 is 0 Å². The van der Waals surface area contributed by atoms with Gasteiger partial charge in [-0.25, -0.2) is 0 Å². The van der Waals surface area contributed by atoms with E-state index in [4.69, 9.17) is 5.73 Å². The highest BCUT2D eigenvalue weighted by atomic mass is 79.9. The Morgan fingerprint density at radius 3 is 2.43 bits per heavy atom. The van der Waals surface area contributed by atoms with Crippen LogP contribution in [0.25, 0.3) is 0 Å². The third kappa shape index (κ3) is 3.57. The first kappa shape index (κ1) is 11.4. The zero-order chi connectivity index (χ0) is 10.8. The molecule has 0 atom stereocenters. The van der Waals surface area contributed by atoms with Crippen molar-refractivity contribution >= 4 is 29.7 Å². The van der Waals surface area contributed by atoms with E-state index >= 15 is 0 Å². The van der Waals surface area contributed by atoms with Crippen molar-refractivity contribution in [3.8, 4) is 11.5 Å². The Morgan fingerprint density at radius 2 is 1.93 bits per heavy atom. The molecular formula is C11H14BrNSi. The monoisotopic (exact) mass is 267 g/mol. The molecule has 14 heavy (non-hydrogen) atoms. The van der Waals surface area contributed by atoms with Crippen LogP contribution in [0.15, 0.2) is 22.7 Å². The lowest BCUT2D eigenvalue weighted by molar-refractivity contribution is 1.59. The number of anilines is 1. The fourth-order valence-corrected chi connectivity index (χ4v) is 1.79. The average Bonchev–Trinajstić information content (AvgIpc) is 2.00. The van der Waals surface area contributed by atoms with Crippen molar-refractivity contribution in [1.82, 2.24) is 0 Å². The molecule has 0 bridgehead atoms. The Kier molecular flexibility index (Phi) is 3.41. The van der Waals surface area contributed by atoms with E-state index in [1.165, 1.54) is 0 Å². The van der Waals surface area contributed by atoms with Crippen molar-refractivity contribution in [2.75, 3.05) is 5.73 Å². The van der Waals surface area contributed by atoms with Crippen molar-refractivity contribution in [2.24, 2.45) is 0 Å². The molecule has 3 heteroatoms. The van der Waals surface area contributed by atoms with E-state index in [1.54, 1.807) is 0 Å². The standard InChI is InChI=1S/C11H14BrNSi/c1-14(2,3)7-6-9-4-5-10(12)8-11(9)13/h4-5,8H,13H2,1-3H3. The summed E-state index contributed by atoms with van der Waals surface area (Å²) in [7, 11) is -1.30. The van der Waals surface area contributed by atoms with Crippen molar-refractivity contribution in [3.05, 3.63) is 28.2 Å². The molecule has 0 saturated carbocycles. The largest absolute Gasteiger partial charge is 0.398 e. The third-order valence-corrected chi connectivity index (χ3v) is 2.95. The summed E-state index contributed by atoms with van der Waals surface area (Å²) in [4.78, 5) is 0. The quantitative estimate of drug-likeness (QED) is 0.436. The van der Waals surface area contributed by atoms with Crippen molar-refractivity contribution in [3.63, 3.8) is 0 Å². The average molecular weight is 268 g/mol. The zero-order valence-electron chi connectivity index (χ0n) is 8.69. The van der Waals surface area contributed by atoms with Crippen LogP contribution in [-0.2, 0) is 0 Å². The SMILES string of the molecule is C[Si](C)(C)C#Cc1ccc(Br)cc1N. The van der Waals surface area contributed by atoms with Crippen LogP contribution in [0.2, 0.25) is 19.6 Å². The molecule has 0 heterocycles. The lowest BCUT2D eigenvalue weighted by atomic mass is 10.2. The van der Waals surface area contributed by atoms with Gasteiger partial charge in [0.15, 0.2) is 0 Å². The molecule has 0 aliphatic rings. The van der Waals surface area contributed by atoms with Crippen LogP contribution in [0, 0.1) is 11.5 Å². The summed E-state index contributed by atoms with van der Waals surface area (Å²) in [5.74, 6) is 3.15. The molecule has 0 spiro atoms. The van der Waals surface area contributed by atoms with Gasteiger partial charge in [0.2, 0.25) is 0 Å². The van der Waals surface area contributed by atoms with E-state index in [9.17, 15) is 0 Å². The molecule has 0 amide bonds. The van der Waals surface area contributed by atoms with Gasteiger partial charge in [-0.15, -0.1) is 5.54 Å². The highest BCUT2D eigenvalue weighted by Crippen LogP contribution is 2.17. The molecule has 0 fully saturated rings. The minimum absolute atomic E-state index is 0.741. The molecule has 0 aliphatic heterocycles. The number of rotatable bonds is 0. The Morgan fingerprint density at radius 1 is 1.29 bits per heavy atom. The van der Waals surface area contributed by atoms with Gasteiger partial charge in [-0.1, -0.05) is 41.5 Å². The summed E-state index contributed by atoms with van der Waals surface area (Å²) in [6.45, 7) is 6.65. The van der Waals surface area contributed by atoms with E-state index < -0.39 is 8.07 Å². The Hall–Kier alpha value is -0.723. The summed E-state index contributed by atoms with van der Waals surface area (Å²) in [5, 5.41) is 0. The number of benzene rings is 1. The third-order valence-electron chi connectivity index (χ3n) is 1.59. The van der Waals surface area contributed by atoms with Gasteiger partial charge in [0, 0.05) is 15.7 Å². The van der Waals surface area contributed by atoms with Crippen molar-refractivity contribution < 1.29 is 0 Å². The van der Waals surface area contributed by atoms with Crippen LogP contribution < -0.4 is 5.73 Å². The van der Waals surface area contributed by atoms with Gasteiger partial charge in [0.25, 0.3) is 0 Å². The van der Waals surface area contributed by atoms with Gasteiger partial charge in [-0.3, -0.25) is 0 Å². The molecule has 1 rings (SSSR count). The van der Waals surface area contributed by atoms with E-state index in [-0.39, 0.29) is 0 Å². The highest BCUT2D eigenvalue weighted by molar-refractivity contribution is 9.10. The van der Waals surface area contributed by atoms with E-state index in [0.29, 0.717) is 0 Å². The molecule has 0 aliphatic carbocycles. The van der Waals surface area contributed by atoms with Crippen LogP contribution in [0.3, 0.4) is 0 Å². The predicted octanol–water partition coefficient (Wildman–Crippen LogP) is 3.26. The first-order chi connectivity index (χ1) is 6.38. The lowest BCUT2D eigenvalue weighted by Crippen LogP contribution is -2.16. The number of halogens is 1. The second-order valence-corrected chi connectivity index (χ2v) is 9.90. The lowest BCUT2D eigenvalue weighted by Gasteiger charge is -2.04. The Labute approximate surface area is 94.8 Å². The molecule has 1 nitrogen and oxygen atoms in total. The highest BCUT2D eigenvalue weighted by Gasteiger charge is 2.07. The number of nitrogens with two attached hydrogens (primary N) is 1. The zero-order valence-corrected chi connectivity index (χ0v) is 11.3. The summed E-state index contributed by atoms with van der Waals surface area (Å²) in [5.41, 5.74) is 10.8. The Bertz CT molecular complexity index is 396. The summed E-state index contributed by atoms with van der Waals surface area (Å²) < 4.78 is 0.994. The maximum Gasteiger partial charge on any atom is 0.129 e. The molecular weight excluding hydrogens is 254 g/mol. The molecule has 0 radical (unpaired) electrons. The van der Waals surface area contributed by atoms with Crippen molar-refractivity contribution in [1.29, 1.82) is 0 Å². The van der Waals surface area contributed by atoms with Gasteiger partial charge in [-0.05, 0) is 18.2 Å². The first-order valence-corrected chi connectivity index (χ1v) is 8.76. The van der Waals surface area contributed by atoms with Crippen LogP contribution >= 0.6 is 15.9 Å². The van der Waals surface area contributed by atoms with Crippen LogP contribution in [0.4, 0.5) is 5.69 Å². The van der Waals surface area contributed by atoms with E-state index in [1.807, 2.05) is 18.2 Å². The van der Waals surface area contributed by atoms with E-state index in [2.05, 4.69) is 47.0 Å². The van der Waals surface area contributed by atoms with Crippen LogP contribution in [0.5, 0.6) is 0 Å². The van der Waals surface area contributed by atoms with Gasteiger partial charge < -0.3 is 5.73 Å². The normalized spacial score (nSPS) is 10.6. The second-order valence-electron chi connectivity index (χ2n) is 4.23. The maximum atomic E-state index is 5.83. The topological polar surface area (TPSA) is 26.0 Å². The van der Waals surface area contributed by atoms with Gasteiger partial charge in [0.05, 0.1) is 0 Å². The van der Waals surface area contributed by atoms with Crippen LogP contribution in [-0.4, -0.2) is 8.07 Å². The molecule has 1 aromatic carbocycles. The first-order valence-electron chi connectivity index (χ1n) is 4.47. The minimum Gasteiger partial charge on any atom is -0.398 e. The molecule has 74 valence electrons. The summed E-state index contributed by atoms with van der Waals surface area (Å²) in [6.07, 6.45) is 0. The van der Waals surface area contributed by atoms with Crippen LogP contribution in [0.1, 0.15) is 5.56 Å². The number of hydrogen-bond acceptors (Lipinski definition) is 1. The summed E-state index contributed by atoms with van der Waals surface area (Å²) in [6, 6.07) is 5.80. The van der Waals surface area contributed by atoms with E-state index in [0.717, 1.165) is 15.7 Å². The molecule has 1 aromatic rings. The second kappa shape index (κ2) is 4.20. The number of hydrogen-bond donors (Lipinski definition) is 1. The smallest absolute Gasteiger partial charge is 0.129 e. The number of nitrogen functional groups attached to an aromatic ring is 1. The van der Waals surface area contributed by atoms with Crippen molar-refractivity contribution in [2.45, 2.75) is 19.6 Å². The maximum absolute atomic E-state index is 5.83. The predicted molar refractivity (Wildman–Crippen MR) is 68.8 cm³/mol. The van der Waals surface area contributed by atoms with Gasteiger partial charge in [0.1, 0.15) is 8.07 Å². The minimum atomic E-state index is -1.30. The molecule has 0 unspecified atom stereocenters.